The van der Waals surface area contributed by atoms with E-state index in [9.17, 15) is 19.2 Å². The number of hydrogen-bond acceptors (Lipinski definition) is 10. The number of hydrogen-bond donors (Lipinski definition) is 1. The highest BCUT2D eigenvalue weighted by Gasteiger charge is 2.51. The Balaban J connectivity index is 1.46. The first-order valence-corrected chi connectivity index (χ1v) is 13.8. The van der Waals surface area contributed by atoms with Crippen molar-refractivity contribution in [2.75, 3.05) is 6.61 Å². The van der Waals surface area contributed by atoms with Gasteiger partial charge in [-0.2, -0.15) is 0 Å². The second kappa shape index (κ2) is 14.2. The van der Waals surface area contributed by atoms with Crippen LogP contribution in [0.2, 0.25) is 0 Å². The van der Waals surface area contributed by atoms with Crippen LogP contribution in [0.3, 0.4) is 0 Å². The molecule has 2 N–H and O–H groups in total. The first kappa shape index (κ1) is 30.1. The van der Waals surface area contributed by atoms with Crippen LogP contribution in [0, 0.1) is 0 Å². The molecule has 10 heteroatoms. The van der Waals surface area contributed by atoms with Crippen LogP contribution in [0.1, 0.15) is 41.4 Å². The van der Waals surface area contributed by atoms with Gasteiger partial charge in [0.15, 0.2) is 6.10 Å². The lowest BCUT2D eigenvalue weighted by Crippen LogP contribution is -2.65. The maximum atomic E-state index is 13.2. The van der Waals surface area contributed by atoms with Gasteiger partial charge in [-0.15, -0.1) is 0 Å². The van der Waals surface area contributed by atoms with Crippen LogP contribution in [0.4, 0.5) is 0 Å². The topological polar surface area (TPSA) is 140 Å². The molecule has 4 aromatic rings. The summed E-state index contributed by atoms with van der Waals surface area (Å²) in [6.07, 6.45) is -5.59. The molecule has 10 nitrogen and oxygen atoms in total. The Labute approximate surface area is 253 Å². The number of rotatable bonds is 9. The number of carbonyl (C=O) groups is 4. The predicted octanol–water partition coefficient (Wildman–Crippen LogP) is 4.20. The molecule has 224 valence electrons. The molecular formula is C34H29NO9. The molecule has 5 rings (SSSR count). The van der Waals surface area contributed by atoms with Gasteiger partial charge in [-0.3, -0.25) is 0 Å². The van der Waals surface area contributed by atoms with Crippen molar-refractivity contribution in [2.24, 2.45) is 5.73 Å². The molecule has 44 heavy (non-hydrogen) atoms. The van der Waals surface area contributed by atoms with Crippen LogP contribution in [-0.4, -0.2) is 61.1 Å². The van der Waals surface area contributed by atoms with Crippen LogP contribution >= 0.6 is 0 Å². The fourth-order valence-electron chi connectivity index (χ4n) is 4.53. The third-order valence-electron chi connectivity index (χ3n) is 6.84. The zero-order valence-corrected chi connectivity index (χ0v) is 23.4. The molecular weight excluding hydrogens is 566 g/mol. The van der Waals surface area contributed by atoms with Crippen molar-refractivity contribution >= 4 is 23.9 Å². The van der Waals surface area contributed by atoms with Gasteiger partial charge in [0.1, 0.15) is 12.7 Å². The Kier molecular flexibility index (Phi) is 9.75. The Morgan fingerprint density at radius 3 is 1.32 bits per heavy atom. The summed E-state index contributed by atoms with van der Waals surface area (Å²) in [4.78, 5) is 52.2. The Morgan fingerprint density at radius 2 is 0.886 bits per heavy atom. The Bertz CT molecular complexity index is 1570. The highest BCUT2D eigenvalue weighted by Crippen LogP contribution is 2.29. The van der Waals surface area contributed by atoms with Crippen LogP contribution in [0.15, 0.2) is 121 Å². The third kappa shape index (κ3) is 7.35. The van der Waals surface area contributed by atoms with E-state index in [1.807, 2.05) is 0 Å². The van der Waals surface area contributed by atoms with Crippen molar-refractivity contribution in [3.8, 4) is 0 Å². The fraction of sp³-hybridized carbons (Fsp3) is 0.176. The summed E-state index contributed by atoms with van der Waals surface area (Å²) in [6, 6.07) is 31.4. The SMILES string of the molecule is N[C@H]1[C@H](OC(=O)c2ccccc2)C(OC(=O)c2ccccc2)[C@H](OC(=O)c2ccccc2)O[C@@H]1COC(=O)c1ccccc1. The van der Waals surface area contributed by atoms with E-state index in [0.717, 1.165) is 0 Å². The molecule has 0 bridgehead atoms. The van der Waals surface area contributed by atoms with Gasteiger partial charge < -0.3 is 29.4 Å². The maximum absolute atomic E-state index is 13.2. The normalized spacial score (nSPS) is 21.0. The van der Waals surface area contributed by atoms with Gasteiger partial charge in [-0.1, -0.05) is 72.8 Å². The lowest BCUT2D eigenvalue weighted by atomic mass is 9.96. The highest BCUT2D eigenvalue weighted by atomic mass is 16.7. The van der Waals surface area contributed by atoms with E-state index in [1.54, 1.807) is 97.1 Å². The van der Waals surface area contributed by atoms with Crippen molar-refractivity contribution in [1.29, 1.82) is 0 Å². The second-order valence-corrected chi connectivity index (χ2v) is 9.83. The van der Waals surface area contributed by atoms with Gasteiger partial charge in [0.25, 0.3) is 0 Å². The quantitative estimate of drug-likeness (QED) is 0.221. The third-order valence-corrected chi connectivity index (χ3v) is 6.84. The van der Waals surface area contributed by atoms with Crippen molar-refractivity contribution in [2.45, 2.75) is 30.6 Å². The maximum Gasteiger partial charge on any atom is 0.340 e. The molecule has 4 aromatic carbocycles. The van der Waals surface area contributed by atoms with Gasteiger partial charge in [0, 0.05) is 0 Å². The van der Waals surface area contributed by atoms with E-state index in [1.165, 1.54) is 24.3 Å². The summed E-state index contributed by atoms with van der Waals surface area (Å²) in [6.45, 7) is -0.382. The zero-order valence-electron chi connectivity index (χ0n) is 23.4. The molecule has 0 amide bonds. The molecule has 0 spiro atoms. The fourth-order valence-corrected chi connectivity index (χ4v) is 4.53. The van der Waals surface area contributed by atoms with E-state index < -0.39 is 54.5 Å². The summed E-state index contributed by atoms with van der Waals surface area (Å²) in [7, 11) is 0. The number of benzene rings is 4. The minimum absolute atomic E-state index is 0.196. The van der Waals surface area contributed by atoms with Crippen LogP contribution < -0.4 is 5.73 Å². The van der Waals surface area contributed by atoms with Gasteiger partial charge >= 0.3 is 23.9 Å². The number of nitrogens with two attached hydrogens (primary N) is 1. The number of esters is 4. The molecule has 1 saturated heterocycles. The van der Waals surface area contributed by atoms with Gasteiger partial charge in [0.05, 0.1) is 28.3 Å². The monoisotopic (exact) mass is 595 g/mol. The van der Waals surface area contributed by atoms with E-state index in [4.69, 9.17) is 29.4 Å². The molecule has 1 heterocycles. The van der Waals surface area contributed by atoms with Crippen LogP contribution in [-0.2, 0) is 23.7 Å². The van der Waals surface area contributed by atoms with E-state index in [2.05, 4.69) is 0 Å². The Morgan fingerprint density at radius 1 is 0.523 bits per heavy atom. The van der Waals surface area contributed by atoms with Crippen molar-refractivity contribution in [3.05, 3.63) is 144 Å². The zero-order chi connectivity index (χ0) is 30.9. The minimum Gasteiger partial charge on any atom is -0.459 e. The molecule has 0 saturated carbocycles. The summed E-state index contributed by atoms with van der Waals surface area (Å²) >= 11 is 0. The van der Waals surface area contributed by atoms with Gasteiger partial charge in [-0.05, 0) is 48.5 Å². The molecule has 0 aliphatic carbocycles. The van der Waals surface area contributed by atoms with Crippen LogP contribution in [0.5, 0.6) is 0 Å². The standard InChI is InChI=1S/C34H29NO9/c35-27-26(21-40-30(36)22-13-5-1-6-14-22)41-34(44-33(39)25-19-11-4-12-20-25)29(43-32(38)24-17-9-3-10-18-24)28(27)42-31(37)23-15-7-2-8-16-23/h1-20,26-29,34H,21,35H2/t26-,27-,28+,29?,34+/m1/s1. The minimum atomic E-state index is -1.59. The highest BCUT2D eigenvalue weighted by molar-refractivity contribution is 5.91. The average molecular weight is 596 g/mol. The van der Waals surface area contributed by atoms with Crippen molar-refractivity contribution in [1.82, 2.24) is 0 Å². The number of ether oxygens (including phenoxy) is 5. The first-order valence-electron chi connectivity index (χ1n) is 13.8. The molecule has 5 atom stereocenters. The second-order valence-electron chi connectivity index (χ2n) is 9.83. The summed E-state index contributed by atoms with van der Waals surface area (Å²) < 4.78 is 28.8. The molecule has 1 aliphatic heterocycles. The lowest BCUT2D eigenvalue weighted by molar-refractivity contribution is -0.256. The van der Waals surface area contributed by atoms with Crippen LogP contribution in [0.25, 0.3) is 0 Å². The van der Waals surface area contributed by atoms with Gasteiger partial charge in [0.2, 0.25) is 12.4 Å². The summed E-state index contributed by atoms with van der Waals surface area (Å²) in [5, 5.41) is 0. The average Bonchev–Trinajstić information content (AvgIpc) is 3.08. The number of carbonyl (C=O) groups excluding carboxylic acids is 4. The Hall–Kier alpha value is -5.32. The smallest absolute Gasteiger partial charge is 0.340 e. The molecule has 0 aromatic heterocycles. The molecule has 0 radical (unpaired) electrons. The van der Waals surface area contributed by atoms with Gasteiger partial charge in [-0.25, -0.2) is 19.2 Å². The predicted molar refractivity (Wildman–Crippen MR) is 157 cm³/mol. The van der Waals surface area contributed by atoms with Crippen molar-refractivity contribution in [3.63, 3.8) is 0 Å². The summed E-state index contributed by atoms with van der Waals surface area (Å²) in [5.41, 5.74) is 7.46. The van der Waals surface area contributed by atoms with Crippen molar-refractivity contribution < 1.29 is 42.9 Å². The first-order chi connectivity index (χ1) is 21.4. The lowest BCUT2D eigenvalue weighted by Gasteiger charge is -2.43. The van der Waals surface area contributed by atoms with E-state index in [-0.39, 0.29) is 23.3 Å². The molecule has 1 fully saturated rings. The largest absolute Gasteiger partial charge is 0.459 e. The summed E-state index contributed by atoms with van der Waals surface area (Å²) in [5.74, 6) is -2.99. The molecule has 1 unspecified atom stereocenters. The van der Waals surface area contributed by atoms with E-state index >= 15 is 0 Å². The van der Waals surface area contributed by atoms with E-state index in [0.29, 0.717) is 5.56 Å². The molecule has 1 aliphatic rings.